The molecular formula is C13H14ClNOS. The van der Waals surface area contributed by atoms with Crippen molar-refractivity contribution < 1.29 is 4.74 Å². The Morgan fingerprint density at radius 3 is 2.94 bits per heavy atom. The summed E-state index contributed by atoms with van der Waals surface area (Å²) >= 11 is 7.57. The third-order valence-corrected chi connectivity index (χ3v) is 3.82. The molecule has 1 atom stereocenters. The molecule has 0 aliphatic rings. The Balaban J connectivity index is 2.14. The third-order valence-electron chi connectivity index (χ3n) is 2.56. The van der Waals surface area contributed by atoms with Crippen LogP contribution >= 0.6 is 22.9 Å². The zero-order chi connectivity index (χ0) is 12.3. The lowest BCUT2D eigenvalue weighted by atomic mass is 10.1. The minimum Gasteiger partial charge on any atom is -0.496 e. The summed E-state index contributed by atoms with van der Waals surface area (Å²) < 4.78 is 5.27. The van der Waals surface area contributed by atoms with Gasteiger partial charge in [0.05, 0.1) is 12.0 Å². The molecule has 1 aromatic carbocycles. The lowest BCUT2D eigenvalue weighted by Crippen LogP contribution is -2.12. The molecule has 1 heterocycles. The van der Waals surface area contributed by atoms with E-state index in [0.29, 0.717) is 0 Å². The number of ether oxygens (including phenoxy) is 1. The van der Waals surface area contributed by atoms with Gasteiger partial charge in [-0.2, -0.15) is 0 Å². The summed E-state index contributed by atoms with van der Waals surface area (Å²) in [5.74, 6) is 0.865. The lowest BCUT2D eigenvalue weighted by Gasteiger charge is -2.12. The molecule has 0 fully saturated rings. The van der Waals surface area contributed by atoms with Crippen LogP contribution in [-0.4, -0.2) is 7.11 Å². The van der Waals surface area contributed by atoms with E-state index in [-0.39, 0.29) is 6.04 Å². The van der Waals surface area contributed by atoms with Crippen LogP contribution < -0.4 is 10.5 Å². The van der Waals surface area contributed by atoms with Crippen LogP contribution in [0.25, 0.3) is 0 Å². The zero-order valence-electron chi connectivity index (χ0n) is 9.52. The van der Waals surface area contributed by atoms with Crippen molar-refractivity contribution in [1.82, 2.24) is 0 Å². The van der Waals surface area contributed by atoms with E-state index in [2.05, 4.69) is 0 Å². The molecule has 0 amide bonds. The zero-order valence-corrected chi connectivity index (χ0v) is 11.1. The minimum absolute atomic E-state index is 0.0524. The first-order chi connectivity index (χ1) is 8.20. The second-order valence-electron chi connectivity index (χ2n) is 3.79. The summed E-state index contributed by atoms with van der Waals surface area (Å²) in [5, 5.41) is 2.74. The molecule has 1 unspecified atom stereocenters. The van der Waals surface area contributed by atoms with Gasteiger partial charge in [0.1, 0.15) is 5.75 Å². The first kappa shape index (κ1) is 12.4. The molecule has 2 nitrogen and oxygen atoms in total. The van der Waals surface area contributed by atoms with E-state index >= 15 is 0 Å². The van der Waals surface area contributed by atoms with Crippen molar-refractivity contribution >= 4 is 22.9 Å². The van der Waals surface area contributed by atoms with Crippen LogP contribution in [0, 0.1) is 0 Å². The molecule has 0 aliphatic carbocycles. The fraction of sp³-hybridized carbons (Fsp3) is 0.231. The average Bonchev–Trinajstić information content (AvgIpc) is 2.77. The van der Waals surface area contributed by atoms with Crippen molar-refractivity contribution in [3.05, 3.63) is 51.2 Å². The number of methoxy groups -OCH3 is 1. The Morgan fingerprint density at radius 1 is 1.41 bits per heavy atom. The summed E-state index contributed by atoms with van der Waals surface area (Å²) in [7, 11) is 1.66. The van der Waals surface area contributed by atoms with Gasteiger partial charge in [-0.25, -0.2) is 0 Å². The summed E-state index contributed by atoms with van der Waals surface area (Å²) in [6.07, 6.45) is 0.761. The highest BCUT2D eigenvalue weighted by Crippen LogP contribution is 2.31. The molecule has 0 bridgehead atoms. The van der Waals surface area contributed by atoms with Gasteiger partial charge in [0, 0.05) is 11.1 Å². The standard InChI is InChI=1S/C13H14ClNOS/c1-16-12-5-6-17-13(12)11(15)8-9-3-2-4-10(14)7-9/h2-7,11H,8,15H2,1H3. The van der Waals surface area contributed by atoms with E-state index in [9.17, 15) is 0 Å². The highest BCUT2D eigenvalue weighted by molar-refractivity contribution is 7.10. The van der Waals surface area contributed by atoms with E-state index in [1.807, 2.05) is 35.7 Å². The number of hydrogen-bond donors (Lipinski definition) is 1. The SMILES string of the molecule is COc1ccsc1C(N)Cc1cccc(Cl)c1. The molecule has 0 saturated carbocycles. The smallest absolute Gasteiger partial charge is 0.134 e. The number of nitrogens with two attached hydrogens (primary N) is 1. The molecule has 0 aliphatic heterocycles. The van der Waals surface area contributed by atoms with Crippen molar-refractivity contribution in [3.8, 4) is 5.75 Å². The van der Waals surface area contributed by atoms with Crippen LogP contribution in [0.4, 0.5) is 0 Å². The van der Waals surface area contributed by atoms with Crippen LogP contribution in [0.5, 0.6) is 5.75 Å². The van der Waals surface area contributed by atoms with Crippen molar-refractivity contribution in [3.63, 3.8) is 0 Å². The quantitative estimate of drug-likeness (QED) is 0.918. The fourth-order valence-electron chi connectivity index (χ4n) is 1.76. The second-order valence-corrected chi connectivity index (χ2v) is 5.18. The van der Waals surface area contributed by atoms with Gasteiger partial charge >= 0.3 is 0 Å². The molecule has 17 heavy (non-hydrogen) atoms. The monoisotopic (exact) mass is 267 g/mol. The van der Waals surface area contributed by atoms with Crippen molar-refractivity contribution in [2.45, 2.75) is 12.5 Å². The van der Waals surface area contributed by atoms with Gasteiger partial charge in [-0.3, -0.25) is 0 Å². The van der Waals surface area contributed by atoms with E-state index in [1.54, 1.807) is 18.4 Å². The van der Waals surface area contributed by atoms with Gasteiger partial charge in [0.25, 0.3) is 0 Å². The first-order valence-corrected chi connectivity index (χ1v) is 6.58. The predicted molar refractivity (Wildman–Crippen MR) is 73.0 cm³/mol. The Bertz CT molecular complexity index is 498. The van der Waals surface area contributed by atoms with Crippen LogP contribution in [0.3, 0.4) is 0 Å². The number of halogens is 1. The number of benzene rings is 1. The first-order valence-electron chi connectivity index (χ1n) is 5.32. The Labute approximate surface area is 110 Å². The molecule has 90 valence electrons. The molecule has 1 aromatic heterocycles. The molecule has 0 spiro atoms. The van der Waals surface area contributed by atoms with Crippen LogP contribution in [0.1, 0.15) is 16.5 Å². The Morgan fingerprint density at radius 2 is 2.24 bits per heavy atom. The molecule has 2 rings (SSSR count). The largest absolute Gasteiger partial charge is 0.496 e. The summed E-state index contributed by atoms with van der Waals surface area (Å²) in [4.78, 5) is 1.08. The Kier molecular flexibility index (Phi) is 4.05. The maximum Gasteiger partial charge on any atom is 0.134 e. The summed E-state index contributed by atoms with van der Waals surface area (Å²) in [6.45, 7) is 0. The number of thiophene rings is 1. The van der Waals surface area contributed by atoms with Crippen LogP contribution in [0.2, 0.25) is 5.02 Å². The number of rotatable bonds is 4. The molecular weight excluding hydrogens is 254 g/mol. The van der Waals surface area contributed by atoms with Gasteiger partial charge in [-0.15, -0.1) is 11.3 Å². The van der Waals surface area contributed by atoms with Gasteiger partial charge in [-0.1, -0.05) is 23.7 Å². The normalized spacial score (nSPS) is 12.4. The summed E-state index contributed by atoms with van der Waals surface area (Å²) in [6, 6.07) is 9.67. The van der Waals surface area contributed by atoms with Gasteiger partial charge in [0.2, 0.25) is 0 Å². The fourth-order valence-corrected chi connectivity index (χ4v) is 2.84. The van der Waals surface area contributed by atoms with Gasteiger partial charge < -0.3 is 10.5 Å². The molecule has 0 radical (unpaired) electrons. The van der Waals surface area contributed by atoms with Crippen molar-refractivity contribution in [2.24, 2.45) is 5.73 Å². The predicted octanol–water partition coefficient (Wildman–Crippen LogP) is 3.65. The van der Waals surface area contributed by atoms with Gasteiger partial charge in [0.15, 0.2) is 0 Å². The molecule has 2 aromatic rings. The van der Waals surface area contributed by atoms with Crippen molar-refractivity contribution in [2.75, 3.05) is 7.11 Å². The highest BCUT2D eigenvalue weighted by atomic mass is 35.5. The lowest BCUT2D eigenvalue weighted by molar-refractivity contribution is 0.409. The average molecular weight is 268 g/mol. The Hall–Kier alpha value is -1.03. The molecule has 0 saturated heterocycles. The molecule has 2 N–H and O–H groups in total. The van der Waals surface area contributed by atoms with E-state index in [4.69, 9.17) is 22.1 Å². The van der Waals surface area contributed by atoms with Gasteiger partial charge in [-0.05, 0) is 35.6 Å². The minimum atomic E-state index is -0.0524. The van der Waals surface area contributed by atoms with Crippen LogP contribution in [0.15, 0.2) is 35.7 Å². The summed E-state index contributed by atoms with van der Waals surface area (Å²) in [5.41, 5.74) is 7.32. The maximum atomic E-state index is 6.19. The van der Waals surface area contributed by atoms with E-state index < -0.39 is 0 Å². The topological polar surface area (TPSA) is 35.2 Å². The molecule has 4 heteroatoms. The van der Waals surface area contributed by atoms with Crippen LogP contribution in [-0.2, 0) is 6.42 Å². The van der Waals surface area contributed by atoms with E-state index in [1.165, 1.54) is 0 Å². The second kappa shape index (κ2) is 5.54. The third kappa shape index (κ3) is 3.00. The number of hydrogen-bond acceptors (Lipinski definition) is 3. The van der Waals surface area contributed by atoms with Crippen molar-refractivity contribution in [1.29, 1.82) is 0 Å². The highest BCUT2D eigenvalue weighted by Gasteiger charge is 2.14. The van der Waals surface area contributed by atoms with E-state index in [0.717, 1.165) is 27.6 Å². The maximum absolute atomic E-state index is 6.19.